The van der Waals surface area contributed by atoms with Crippen LogP contribution in [0.3, 0.4) is 0 Å². The average Bonchev–Trinajstić information content (AvgIpc) is 2.98. The molecule has 1 heterocycles. The molecule has 0 saturated heterocycles. The lowest BCUT2D eigenvalue weighted by Crippen LogP contribution is -2.05. The van der Waals surface area contributed by atoms with E-state index in [0.29, 0.717) is 22.2 Å². The fraction of sp³-hybridized carbons (Fsp3) is 0.125. The highest BCUT2D eigenvalue weighted by atomic mass is 35.5. The van der Waals surface area contributed by atoms with Gasteiger partial charge in [0.05, 0.1) is 23.4 Å². The van der Waals surface area contributed by atoms with Crippen LogP contribution < -0.4 is 4.74 Å². The molecule has 0 fully saturated rings. The third kappa shape index (κ3) is 2.88. The van der Waals surface area contributed by atoms with Crippen molar-refractivity contribution in [2.75, 3.05) is 7.11 Å². The molecule has 0 saturated carbocycles. The SMILES string of the molecule is COc1ccc(S(=O)(=O)c2nnn(-c3ccc(Cl)cc3)c2C)cc1. The van der Waals surface area contributed by atoms with Gasteiger partial charge < -0.3 is 4.74 Å². The Morgan fingerprint density at radius 3 is 2.25 bits per heavy atom. The normalized spacial score (nSPS) is 11.5. The maximum Gasteiger partial charge on any atom is 0.227 e. The molecule has 0 bridgehead atoms. The second-order valence-corrected chi connectivity index (χ2v) is 7.35. The summed E-state index contributed by atoms with van der Waals surface area (Å²) in [6, 6.07) is 13.0. The molecule has 0 amide bonds. The largest absolute Gasteiger partial charge is 0.497 e. The van der Waals surface area contributed by atoms with E-state index in [9.17, 15) is 8.42 Å². The van der Waals surface area contributed by atoms with E-state index in [4.69, 9.17) is 16.3 Å². The summed E-state index contributed by atoms with van der Waals surface area (Å²) in [6.07, 6.45) is 0. The van der Waals surface area contributed by atoms with Crippen molar-refractivity contribution in [3.05, 3.63) is 59.2 Å². The molecule has 0 spiro atoms. The number of rotatable bonds is 4. The Labute approximate surface area is 144 Å². The van der Waals surface area contributed by atoms with E-state index in [1.807, 2.05) is 0 Å². The van der Waals surface area contributed by atoms with Gasteiger partial charge in [-0.2, -0.15) is 0 Å². The zero-order valence-electron chi connectivity index (χ0n) is 13.0. The van der Waals surface area contributed by atoms with Crippen LogP contribution in [0.25, 0.3) is 5.69 Å². The predicted octanol–water partition coefficient (Wildman–Crippen LogP) is 3.07. The first-order valence-corrected chi connectivity index (χ1v) is 8.87. The number of sulfone groups is 1. The maximum absolute atomic E-state index is 12.8. The number of nitrogens with zero attached hydrogens (tertiary/aromatic N) is 3. The van der Waals surface area contributed by atoms with Crippen LogP contribution in [-0.2, 0) is 9.84 Å². The zero-order valence-corrected chi connectivity index (χ0v) is 14.5. The topological polar surface area (TPSA) is 74.1 Å². The van der Waals surface area contributed by atoms with Crippen LogP contribution in [0.15, 0.2) is 58.5 Å². The molecule has 1 aromatic heterocycles. The predicted molar refractivity (Wildman–Crippen MR) is 89.6 cm³/mol. The van der Waals surface area contributed by atoms with Crippen molar-refractivity contribution in [3.63, 3.8) is 0 Å². The number of halogens is 1. The van der Waals surface area contributed by atoms with Crippen LogP contribution in [-0.4, -0.2) is 30.5 Å². The Morgan fingerprint density at radius 1 is 1.04 bits per heavy atom. The van der Waals surface area contributed by atoms with Crippen molar-refractivity contribution in [1.82, 2.24) is 15.0 Å². The Balaban J connectivity index is 2.04. The third-order valence-electron chi connectivity index (χ3n) is 3.55. The van der Waals surface area contributed by atoms with Crippen molar-refractivity contribution >= 4 is 21.4 Å². The van der Waals surface area contributed by atoms with Gasteiger partial charge in [0.15, 0.2) is 0 Å². The van der Waals surface area contributed by atoms with Gasteiger partial charge in [-0.25, -0.2) is 13.1 Å². The number of aromatic nitrogens is 3. The molecular weight excluding hydrogens is 350 g/mol. The summed E-state index contributed by atoms with van der Waals surface area (Å²) in [7, 11) is -2.25. The molecule has 124 valence electrons. The van der Waals surface area contributed by atoms with Crippen LogP contribution in [0.5, 0.6) is 5.75 Å². The lowest BCUT2D eigenvalue weighted by atomic mass is 10.3. The van der Waals surface area contributed by atoms with Crippen molar-refractivity contribution in [2.45, 2.75) is 16.8 Å². The molecule has 0 unspecified atom stereocenters. The van der Waals surface area contributed by atoms with Gasteiger partial charge in [-0.1, -0.05) is 16.8 Å². The van der Waals surface area contributed by atoms with Gasteiger partial charge >= 0.3 is 0 Å². The van der Waals surface area contributed by atoms with Crippen molar-refractivity contribution < 1.29 is 13.2 Å². The highest BCUT2D eigenvalue weighted by Gasteiger charge is 2.25. The summed E-state index contributed by atoms with van der Waals surface area (Å²) in [6.45, 7) is 1.66. The maximum atomic E-state index is 12.8. The van der Waals surface area contributed by atoms with Gasteiger partial charge in [0.2, 0.25) is 14.9 Å². The first-order valence-electron chi connectivity index (χ1n) is 7.01. The Bertz CT molecular complexity index is 965. The summed E-state index contributed by atoms with van der Waals surface area (Å²) < 4.78 is 32.1. The van der Waals surface area contributed by atoms with Crippen molar-refractivity contribution in [2.24, 2.45) is 0 Å². The fourth-order valence-electron chi connectivity index (χ4n) is 2.26. The van der Waals surface area contributed by atoms with E-state index in [1.54, 1.807) is 43.3 Å². The molecule has 6 nitrogen and oxygen atoms in total. The van der Waals surface area contributed by atoms with Gasteiger partial charge in [0.25, 0.3) is 0 Å². The molecule has 0 aliphatic rings. The van der Waals surface area contributed by atoms with Gasteiger partial charge in [-0.05, 0) is 55.5 Å². The third-order valence-corrected chi connectivity index (χ3v) is 5.58. The summed E-state index contributed by atoms with van der Waals surface area (Å²) in [5, 5.41) is 8.33. The van der Waals surface area contributed by atoms with Crippen molar-refractivity contribution in [1.29, 1.82) is 0 Å². The molecular formula is C16H14ClN3O3S. The molecule has 2 aromatic carbocycles. The Morgan fingerprint density at radius 2 is 1.67 bits per heavy atom. The van der Waals surface area contributed by atoms with Gasteiger partial charge in [-0.15, -0.1) is 5.10 Å². The molecule has 0 aliphatic carbocycles. The van der Waals surface area contributed by atoms with Gasteiger partial charge in [0.1, 0.15) is 5.75 Å². The second kappa shape index (κ2) is 6.26. The van der Waals surface area contributed by atoms with Crippen molar-refractivity contribution in [3.8, 4) is 11.4 Å². The lowest BCUT2D eigenvalue weighted by molar-refractivity contribution is 0.414. The fourth-order valence-corrected chi connectivity index (χ4v) is 3.72. The number of benzene rings is 2. The molecule has 24 heavy (non-hydrogen) atoms. The number of hydrogen-bond donors (Lipinski definition) is 0. The van der Waals surface area contributed by atoms with Crippen LogP contribution in [0.2, 0.25) is 5.02 Å². The second-order valence-electron chi connectivity index (χ2n) is 5.05. The summed E-state index contributed by atoms with van der Waals surface area (Å²) in [5.41, 5.74) is 1.11. The van der Waals surface area contributed by atoms with E-state index in [0.717, 1.165) is 0 Å². The Hall–Kier alpha value is -2.38. The monoisotopic (exact) mass is 363 g/mol. The Kier molecular flexibility index (Phi) is 4.29. The average molecular weight is 364 g/mol. The van der Waals surface area contributed by atoms with Crippen LogP contribution in [0, 0.1) is 6.92 Å². The zero-order chi connectivity index (χ0) is 17.3. The van der Waals surface area contributed by atoms with Gasteiger partial charge in [0, 0.05) is 5.02 Å². The minimum atomic E-state index is -3.77. The first-order chi connectivity index (χ1) is 11.4. The number of methoxy groups -OCH3 is 1. The van der Waals surface area contributed by atoms with E-state index >= 15 is 0 Å². The number of hydrogen-bond acceptors (Lipinski definition) is 5. The van der Waals surface area contributed by atoms with Crippen LogP contribution in [0.1, 0.15) is 5.69 Å². The van der Waals surface area contributed by atoms with E-state index in [1.165, 1.54) is 23.9 Å². The summed E-state index contributed by atoms with van der Waals surface area (Å²) in [4.78, 5) is 0.134. The summed E-state index contributed by atoms with van der Waals surface area (Å²) >= 11 is 5.87. The number of ether oxygens (including phenoxy) is 1. The smallest absolute Gasteiger partial charge is 0.227 e. The molecule has 0 radical (unpaired) electrons. The lowest BCUT2D eigenvalue weighted by Gasteiger charge is -2.05. The molecule has 8 heteroatoms. The first kappa shape index (κ1) is 16.5. The molecule has 3 aromatic rings. The van der Waals surface area contributed by atoms with Crippen LogP contribution in [0.4, 0.5) is 0 Å². The highest BCUT2D eigenvalue weighted by molar-refractivity contribution is 7.91. The molecule has 0 N–H and O–H groups in total. The van der Waals surface area contributed by atoms with Crippen LogP contribution >= 0.6 is 11.6 Å². The van der Waals surface area contributed by atoms with E-state index < -0.39 is 9.84 Å². The minimum Gasteiger partial charge on any atom is -0.497 e. The van der Waals surface area contributed by atoms with E-state index in [-0.39, 0.29) is 9.92 Å². The molecule has 0 atom stereocenters. The quantitative estimate of drug-likeness (QED) is 0.712. The standard InChI is InChI=1S/C16H14ClN3O3S/c1-11-16(18-19-20(11)13-5-3-12(17)4-6-13)24(21,22)15-9-7-14(23-2)8-10-15/h3-10H,1-2H3. The highest BCUT2D eigenvalue weighted by Crippen LogP contribution is 2.25. The minimum absolute atomic E-state index is 0.0809. The molecule has 3 rings (SSSR count). The van der Waals surface area contributed by atoms with E-state index in [2.05, 4.69) is 10.3 Å². The van der Waals surface area contributed by atoms with Gasteiger partial charge in [-0.3, -0.25) is 0 Å². The summed E-state index contributed by atoms with van der Waals surface area (Å²) in [5.74, 6) is 0.579. The molecule has 0 aliphatic heterocycles.